The van der Waals surface area contributed by atoms with E-state index in [4.69, 9.17) is 0 Å². The van der Waals surface area contributed by atoms with Gasteiger partial charge in [0.1, 0.15) is 5.78 Å². The van der Waals surface area contributed by atoms with Crippen molar-refractivity contribution in [3.63, 3.8) is 0 Å². The van der Waals surface area contributed by atoms with Crippen LogP contribution in [0.15, 0.2) is 41.4 Å². The van der Waals surface area contributed by atoms with Crippen molar-refractivity contribution < 1.29 is 18.0 Å². The van der Waals surface area contributed by atoms with Crippen molar-refractivity contribution in [2.45, 2.75) is 61.0 Å². The monoisotopic (exact) mass is 453 g/mol. The minimum atomic E-state index is -3.32. The summed E-state index contributed by atoms with van der Waals surface area (Å²) in [7, 11) is -1.54. The molecule has 1 heterocycles. The van der Waals surface area contributed by atoms with Gasteiger partial charge in [0.15, 0.2) is 15.7 Å². The third-order valence-corrected chi connectivity index (χ3v) is 8.83. The predicted molar refractivity (Wildman–Crippen MR) is 121 cm³/mol. The summed E-state index contributed by atoms with van der Waals surface area (Å²) in [6, 6.07) is 7.02. The Morgan fingerprint density at radius 1 is 1.16 bits per heavy atom. The van der Waals surface area contributed by atoms with E-state index in [1.807, 2.05) is 12.1 Å². The summed E-state index contributed by atoms with van der Waals surface area (Å²) in [6.45, 7) is 0. The number of aromatic nitrogens is 2. The van der Waals surface area contributed by atoms with Crippen molar-refractivity contribution >= 4 is 32.9 Å². The van der Waals surface area contributed by atoms with E-state index in [9.17, 15) is 18.0 Å². The van der Waals surface area contributed by atoms with Gasteiger partial charge >= 0.3 is 0 Å². The van der Waals surface area contributed by atoms with E-state index in [0.717, 1.165) is 37.7 Å². The molecule has 32 heavy (non-hydrogen) atoms. The lowest BCUT2D eigenvalue weighted by Crippen LogP contribution is -2.16. The molecule has 8 heteroatoms. The second kappa shape index (κ2) is 7.99. The second-order valence-electron chi connectivity index (χ2n) is 9.22. The van der Waals surface area contributed by atoms with Crippen LogP contribution < -0.4 is 5.32 Å². The maximum atomic E-state index is 13.3. The van der Waals surface area contributed by atoms with Crippen LogP contribution in [0.1, 0.15) is 62.0 Å². The summed E-state index contributed by atoms with van der Waals surface area (Å²) in [5, 5.41) is 6.80. The van der Waals surface area contributed by atoms with Crippen LogP contribution in [-0.4, -0.2) is 35.1 Å². The van der Waals surface area contributed by atoms with Crippen molar-refractivity contribution in [1.82, 2.24) is 9.78 Å². The summed E-state index contributed by atoms with van der Waals surface area (Å²) in [5.74, 6) is 0.585. The maximum Gasteiger partial charge on any atom is 0.257 e. The first-order chi connectivity index (χ1) is 15.3. The van der Waals surface area contributed by atoms with Crippen LogP contribution in [0.5, 0.6) is 0 Å². The average Bonchev–Trinajstić information content (AvgIpc) is 3.68. The standard InChI is InChI=1S/C24H27N3O4S/c1-27-11-10-23(26-27)25-24(29)21(13-15-2-6-18(28)12-15)17-5-9-22(20(14-17)16-3-4-16)32(30,31)19-7-8-19/h5,9-11,13-16,19H,2-4,6-8,12H2,1H3,(H,25,26,29). The SMILES string of the molecule is Cn1ccc(NC(=O)C(=CC2CCC(=O)C2)c2ccc(S(=O)(=O)C3CC3)c(C3CC3)c2)n1. The Morgan fingerprint density at radius 3 is 2.53 bits per heavy atom. The van der Waals surface area contributed by atoms with Gasteiger partial charge in [0, 0.05) is 37.7 Å². The molecule has 0 bridgehead atoms. The van der Waals surface area contributed by atoms with Gasteiger partial charge in [0.05, 0.1) is 10.1 Å². The average molecular weight is 454 g/mol. The van der Waals surface area contributed by atoms with Crippen molar-refractivity contribution in [1.29, 1.82) is 0 Å². The Morgan fingerprint density at radius 2 is 1.94 bits per heavy atom. The normalized spacial score (nSPS) is 21.7. The Balaban J connectivity index is 1.53. The molecule has 3 aliphatic carbocycles. The molecule has 3 aliphatic rings. The van der Waals surface area contributed by atoms with Gasteiger partial charge in [-0.3, -0.25) is 14.3 Å². The molecule has 3 saturated carbocycles. The molecule has 2 aromatic rings. The molecule has 1 N–H and O–H groups in total. The van der Waals surface area contributed by atoms with Crippen LogP contribution in [-0.2, 0) is 26.5 Å². The largest absolute Gasteiger partial charge is 0.305 e. The zero-order chi connectivity index (χ0) is 22.5. The summed E-state index contributed by atoms with van der Waals surface area (Å²) < 4.78 is 27.6. The Hall–Kier alpha value is -2.74. The highest BCUT2D eigenvalue weighted by molar-refractivity contribution is 7.92. The molecule has 1 amide bonds. The fourth-order valence-electron chi connectivity index (χ4n) is 4.44. The number of amides is 1. The molecule has 0 spiro atoms. The number of carbonyl (C=O) groups is 2. The highest BCUT2D eigenvalue weighted by atomic mass is 32.2. The van der Waals surface area contributed by atoms with E-state index in [0.29, 0.717) is 34.7 Å². The van der Waals surface area contributed by atoms with Gasteiger partial charge in [-0.1, -0.05) is 12.1 Å². The fraction of sp³-hybridized carbons (Fsp3) is 0.458. The maximum absolute atomic E-state index is 13.3. The lowest BCUT2D eigenvalue weighted by molar-refractivity contribution is -0.117. The number of hydrogen-bond donors (Lipinski definition) is 1. The number of aryl methyl sites for hydroxylation is 1. The smallest absolute Gasteiger partial charge is 0.257 e. The molecule has 1 unspecified atom stereocenters. The van der Waals surface area contributed by atoms with Gasteiger partial charge in [-0.05, 0) is 67.2 Å². The van der Waals surface area contributed by atoms with Gasteiger partial charge in [-0.25, -0.2) is 8.42 Å². The molecule has 0 radical (unpaired) electrons. The Kier molecular flexibility index (Phi) is 5.28. The Bertz CT molecular complexity index is 1220. The van der Waals surface area contributed by atoms with E-state index in [-0.39, 0.29) is 28.8 Å². The zero-order valence-corrected chi connectivity index (χ0v) is 18.9. The summed E-state index contributed by atoms with van der Waals surface area (Å²) in [5.41, 5.74) is 1.98. The second-order valence-corrected chi connectivity index (χ2v) is 11.4. The van der Waals surface area contributed by atoms with Gasteiger partial charge < -0.3 is 5.32 Å². The van der Waals surface area contributed by atoms with E-state index in [1.165, 1.54) is 0 Å². The van der Waals surface area contributed by atoms with E-state index in [2.05, 4.69) is 10.4 Å². The summed E-state index contributed by atoms with van der Waals surface area (Å²) in [6.07, 6.45) is 8.69. The number of anilines is 1. The molecule has 7 nitrogen and oxygen atoms in total. The molecule has 3 fully saturated rings. The van der Waals surface area contributed by atoms with Gasteiger partial charge in [-0.2, -0.15) is 5.10 Å². The molecule has 168 valence electrons. The molecular formula is C24H27N3O4S. The third-order valence-electron chi connectivity index (χ3n) is 6.49. The van der Waals surface area contributed by atoms with Crippen molar-refractivity contribution in [3.05, 3.63) is 47.7 Å². The topological polar surface area (TPSA) is 98.1 Å². The first-order valence-corrected chi connectivity index (χ1v) is 12.8. The minimum absolute atomic E-state index is 0.00577. The Labute approximate surface area is 187 Å². The van der Waals surface area contributed by atoms with Crippen LogP contribution in [0.4, 0.5) is 5.82 Å². The van der Waals surface area contributed by atoms with E-state index >= 15 is 0 Å². The third kappa shape index (κ3) is 4.28. The van der Waals surface area contributed by atoms with E-state index in [1.54, 1.807) is 36.1 Å². The number of nitrogens with one attached hydrogen (secondary N) is 1. The quantitative estimate of drug-likeness (QED) is 0.646. The zero-order valence-electron chi connectivity index (χ0n) is 18.1. The number of nitrogens with zero attached hydrogens (tertiary/aromatic N) is 2. The fourth-order valence-corrected chi connectivity index (χ4v) is 6.36. The first-order valence-electron chi connectivity index (χ1n) is 11.2. The van der Waals surface area contributed by atoms with Gasteiger partial charge in [-0.15, -0.1) is 0 Å². The highest BCUT2D eigenvalue weighted by Gasteiger charge is 2.40. The number of rotatable bonds is 7. The van der Waals surface area contributed by atoms with Crippen molar-refractivity contribution in [2.75, 3.05) is 5.32 Å². The summed E-state index contributed by atoms with van der Waals surface area (Å²) >= 11 is 0. The molecule has 1 aromatic carbocycles. The number of carbonyl (C=O) groups excluding carboxylic acids is 2. The molecule has 1 aromatic heterocycles. The van der Waals surface area contributed by atoms with Gasteiger partial charge in [0.25, 0.3) is 5.91 Å². The molecule has 5 rings (SSSR count). The van der Waals surface area contributed by atoms with Gasteiger partial charge in [0.2, 0.25) is 0 Å². The molecular weight excluding hydrogens is 426 g/mol. The number of ketones is 1. The van der Waals surface area contributed by atoms with E-state index < -0.39 is 9.84 Å². The lowest BCUT2D eigenvalue weighted by atomic mass is 9.95. The van der Waals surface area contributed by atoms with Crippen molar-refractivity contribution in [2.24, 2.45) is 13.0 Å². The predicted octanol–water partition coefficient (Wildman–Crippen LogP) is 3.62. The van der Waals surface area contributed by atoms with Crippen LogP contribution in [0.2, 0.25) is 0 Å². The van der Waals surface area contributed by atoms with Crippen LogP contribution in [0.3, 0.4) is 0 Å². The minimum Gasteiger partial charge on any atom is -0.305 e. The summed E-state index contributed by atoms with van der Waals surface area (Å²) in [4.78, 5) is 25.5. The van der Waals surface area contributed by atoms with Crippen LogP contribution in [0.25, 0.3) is 5.57 Å². The number of Topliss-reactive ketones (excluding diaryl/α,β-unsaturated/α-hetero) is 1. The molecule has 0 aliphatic heterocycles. The van der Waals surface area contributed by atoms with Crippen LogP contribution in [0, 0.1) is 5.92 Å². The highest BCUT2D eigenvalue weighted by Crippen LogP contribution is 2.46. The number of hydrogen-bond acceptors (Lipinski definition) is 5. The number of allylic oxidation sites excluding steroid dienone is 1. The molecule has 0 saturated heterocycles. The first kappa shape index (κ1) is 21.1. The van der Waals surface area contributed by atoms with Crippen molar-refractivity contribution in [3.8, 4) is 0 Å². The van der Waals surface area contributed by atoms with Crippen LogP contribution >= 0.6 is 0 Å². The molecule has 1 atom stereocenters. The number of sulfone groups is 1. The lowest BCUT2D eigenvalue weighted by Gasteiger charge is -2.15. The number of benzene rings is 1.